The molecule has 1 saturated heterocycles. The first kappa shape index (κ1) is 18.7. The van der Waals surface area contributed by atoms with Crippen LogP contribution in [-0.2, 0) is 6.18 Å². The fourth-order valence-corrected chi connectivity index (χ4v) is 4.47. The first-order valence-corrected chi connectivity index (χ1v) is 9.29. The minimum Gasteiger partial charge on any atom is -0.370 e. The maximum atomic E-state index is 13.8. The topological polar surface area (TPSA) is 40.2 Å². The van der Waals surface area contributed by atoms with Crippen molar-refractivity contribution in [3.8, 4) is 0 Å². The Kier molecular flexibility index (Phi) is 4.64. The molecule has 3 heterocycles. The van der Waals surface area contributed by atoms with Gasteiger partial charge in [0.25, 0.3) is 0 Å². The van der Waals surface area contributed by atoms with E-state index in [0.717, 1.165) is 19.0 Å². The highest BCUT2D eigenvalue weighted by molar-refractivity contribution is 6.34. The molecular weight excluding hydrogens is 400 g/mol. The summed E-state index contributed by atoms with van der Waals surface area (Å²) in [6.07, 6.45) is -3.65. The second kappa shape index (κ2) is 6.72. The molecule has 144 valence electrons. The van der Waals surface area contributed by atoms with Crippen LogP contribution < -0.4 is 15.5 Å². The molecule has 1 aromatic heterocycles. The second-order valence-corrected chi connectivity index (χ2v) is 7.58. The lowest BCUT2D eigenvalue weighted by Crippen LogP contribution is -2.42. The molecule has 2 aliphatic rings. The van der Waals surface area contributed by atoms with Gasteiger partial charge in [-0.1, -0.05) is 23.2 Å². The standard InChI is InChI=1S/C18H17Cl2F3N4/c1-27-14-4-5-24-8-11(14)10-6-9(7-12(16(10)27)18(21,22)23)25-13-2-3-15(19)26-17(13)20/h2-3,6-7,11,14,24-25H,4-5,8H2,1H3/t11-,14-/m1/s1. The summed E-state index contributed by atoms with van der Waals surface area (Å²) in [5.74, 6) is 0.0143. The molecule has 0 spiro atoms. The molecule has 0 radical (unpaired) electrons. The van der Waals surface area contributed by atoms with Crippen LogP contribution in [0.15, 0.2) is 24.3 Å². The average Bonchev–Trinajstić information content (AvgIpc) is 2.89. The minimum absolute atomic E-state index is 0.0143. The third kappa shape index (κ3) is 3.32. The van der Waals surface area contributed by atoms with E-state index in [1.165, 1.54) is 6.07 Å². The van der Waals surface area contributed by atoms with Crippen molar-refractivity contribution in [2.24, 2.45) is 0 Å². The zero-order chi connectivity index (χ0) is 19.3. The highest BCUT2D eigenvalue weighted by Crippen LogP contribution is 2.50. The number of aromatic nitrogens is 1. The number of hydrogen-bond donors (Lipinski definition) is 2. The fourth-order valence-electron chi connectivity index (χ4n) is 4.07. The number of fused-ring (bicyclic) bond motifs is 3. The summed E-state index contributed by atoms with van der Waals surface area (Å²) in [4.78, 5) is 5.70. The summed E-state index contributed by atoms with van der Waals surface area (Å²) in [6, 6.07) is 6.10. The van der Waals surface area contributed by atoms with Gasteiger partial charge in [0, 0.05) is 31.2 Å². The maximum absolute atomic E-state index is 13.8. The number of benzene rings is 1. The first-order chi connectivity index (χ1) is 12.8. The van der Waals surface area contributed by atoms with Gasteiger partial charge in [0.2, 0.25) is 0 Å². The summed E-state index contributed by atoms with van der Waals surface area (Å²) in [6.45, 7) is 1.46. The summed E-state index contributed by atoms with van der Waals surface area (Å²) < 4.78 is 41.5. The molecule has 2 N–H and O–H groups in total. The van der Waals surface area contributed by atoms with Crippen molar-refractivity contribution in [2.75, 3.05) is 30.4 Å². The molecule has 0 aliphatic carbocycles. The summed E-state index contributed by atoms with van der Waals surface area (Å²) in [7, 11) is 1.75. The van der Waals surface area contributed by atoms with Gasteiger partial charge < -0.3 is 15.5 Å². The van der Waals surface area contributed by atoms with Gasteiger partial charge in [0.1, 0.15) is 5.15 Å². The van der Waals surface area contributed by atoms with Crippen molar-refractivity contribution in [3.05, 3.63) is 45.7 Å². The van der Waals surface area contributed by atoms with Crippen molar-refractivity contribution in [2.45, 2.75) is 24.6 Å². The van der Waals surface area contributed by atoms with E-state index in [0.29, 0.717) is 23.5 Å². The Bertz CT molecular complexity index is 888. The Hall–Kier alpha value is -1.70. The van der Waals surface area contributed by atoms with Crippen molar-refractivity contribution in [1.29, 1.82) is 0 Å². The van der Waals surface area contributed by atoms with E-state index in [1.807, 2.05) is 0 Å². The molecule has 4 nitrogen and oxygen atoms in total. The largest absolute Gasteiger partial charge is 0.418 e. The average molecular weight is 417 g/mol. The van der Waals surface area contributed by atoms with Crippen LogP contribution in [0, 0.1) is 0 Å². The van der Waals surface area contributed by atoms with Gasteiger partial charge in [0.15, 0.2) is 5.15 Å². The molecule has 0 unspecified atom stereocenters. The third-order valence-corrected chi connectivity index (χ3v) is 5.73. The predicted molar refractivity (Wildman–Crippen MR) is 101 cm³/mol. The molecule has 1 fully saturated rings. The van der Waals surface area contributed by atoms with Gasteiger partial charge in [-0.15, -0.1) is 0 Å². The maximum Gasteiger partial charge on any atom is 0.418 e. The van der Waals surface area contributed by atoms with E-state index < -0.39 is 11.7 Å². The predicted octanol–water partition coefficient (Wildman–Crippen LogP) is 5.05. The number of anilines is 3. The molecule has 27 heavy (non-hydrogen) atoms. The van der Waals surface area contributed by atoms with Crippen LogP contribution in [0.1, 0.15) is 23.5 Å². The van der Waals surface area contributed by atoms with E-state index in [2.05, 4.69) is 15.6 Å². The van der Waals surface area contributed by atoms with Gasteiger partial charge in [0.05, 0.1) is 16.9 Å². The summed E-state index contributed by atoms with van der Waals surface area (Å²) in [5, 5.41) is 6.56. The lowest BCUT2D eigenvalue weighted by atomic mass is 9.89. The number of halogens is 5. The highest BCUT2D eigenvalue weighted by Gasteiger charge is 2.45. The van der Waals surface area contributed by atoms with Crippen LogP contribution >= 0.6 is 23.2 Å². The van der Waals surface area contributed by atoms with Crippen molar-refractivity contribution in [3.63, 3.8) is 0 Å². The Morgan fingerprint density at radius 2 is 2.04 bits per heavy atom. The van der Waals surface area contributed by atoms with Gasteiger partial charge in [-0.05, 0) is 42.8 Å². The Balaban J connectivity index is 1.81. The Morgan fingerprint density at radius 1 is 1.26 bits per heavy atom. The zero-order valence-electron chi connectivity index (χ0n) is 14.4. The van der Waals surface area contributed by atoms with E-state index in [-0.39, 0.29) is 28.0 Å². The molecule has 0 saturated carbocycles. The minimum atomic E-state index is -4.46. The van der Waals surface area contributed by atoms with Crippen molar-refractivity contribution < 1.29 is 13.2 Å². The Morgan fingerprint density at radius 3 is 2.74 bits per heavy atom. The smallest absolute Gasteiger partial charge is 0.370 e. The van der Waals surface area contributed by atoms with E-state index in [4.69, 9.17) is 23.2 Å². The number of nitrogens with one attached hydrogen (secondary N) is 2. The molecular formula is C18H17Cl2F3N4. The third-order valence-electron chi connectivity index (χ3n) is 5.23. The van der Waals surface area contributed by atoms with Crippen molar-refractivity contribution >= 4 is 40.3 Å². The van der Waals surface area contributed by atoms with E-state index >= 15 is 0 Å². The van der Waals surface area contributed by atoms with Crippen molar-refractivity contribution in [1.82, 2.24) is 10.3 Å². The number of alkyl halides is 3. The van der Waals surface area contributed by atoms with Gasteiger partial charge in [-0.2, -0.15) is 13.2 Å². The first-order valence-electron chi connectivity index (χ1n) is 8.53. The monoisotopic (exact) mass is 416 g/mol. The molecule has 1 aromatic carbocycles. The number of nitrogens with zero attached hydrogens (tertiary/aromatic N) is 2. The summed E-state index contributed by atoms with van der Waals surface area (Å²) >= 11 is 11.9. The van der Waals surface area contributed by atoms with E-state index in [1.54, 1.807) is 24.1 Å². The number of pyridine rings is 1. The van der Waals surface area contributed by atoms with Gasteiger partial charge in [-0.25, -0.2) is 4.98 Å². The van der Waals surface area contributed by atoms with Crippen LogP contribution in [-0.4, -0.2) is 31.2 Å². The molecule has 2 atom stereocenters. The van der Waals surface area contributed by atoms with E-state index in [9.17, 15) is 13.2 Å². The SMILES string of the molecule is CN1c2c(cc(Nc3ccc(Cl)nc3Cl)cc2C(F)(F)F)[C@H]2CNCC[C@H]21. The van der Waals surface area contributed by atoms with Crippen LogP contribution in [0.2, 0.25) is 10.3 Å². The van der Waals surface area contributed by atoms with Gasteiger partial charge >= 0.3 is 6.18 Å². The number of piperidine rings is 1. The molecule has 0 bridgehead atoms. The molecule has 4 rings (SSSR count). The molecule has 2 aromatic rings. The fraction of sp³-hybridized carbons (Fsp3) is 0.389. The summed E-state index contributed by atoms with van der Waals surface area (Å²) in [5.41, 5.74) is 1.06. The van der Waals surface area contributed by atoms with Crippen LogP contribution in [0.3, 0.4) is 0 Å². The second-order valence-electron chi connectivity index (χ2n) is 6.83. The molecule has 2 aliphatic heterocycles. The lowest BCUT2D eigenvalue weighted by Gasteiger charge is -2.31. The highest BCUT2D eigenvalue weighted by atomic mass is 35.5. The number of rotatable bonds is 2. The molecule has 9 heteroatoms. The quantitative estimate of drug-likeness (QED) is 0.672. The Labute approximate surface area is 164 Å². The van der Waals surface area contributed by atoms with Crippen LogP contribution in [0.5, 0.6) is 0 Å². The van der Waals surface area contributed by atoms with Crippen LogP contribution in [0.25, 0.3) is 0 Å². The normalized spacial score (nSPS) is 21.8. The number of likely N-dealkylation sites (N-methyl/N-ethyl adjacent to an activating group) is 1. The van der Waals surface area contributed by atoms with Crippen LogP contribution in [0.4, 0.5) is 30.2 Å². The lowest BCUT2D eigenvalue weighted by molar-refractivity contribution is -0.137. The number of hydrogen-bond acceptors (Lipinski definition) is 4. The zero-order valence-corrected chi connectivity index (χ0v) is 15.9. The molecule has 0 amide bonds. The van der Waals surface area contributed by atoms with Gasteiger partial charge in [-0.3, -0.25) is 0 Å².